The number of thiophene rings is 1. The van der Waals surface area contributed by atoms with E-state index >= 15 is 0 Å². The highest BCUT2D eigenvalue weighted by Crippen LogP contribution is 2.26. The summed E-state index contributed by atoms with van der Waals surface area (Å²) in [5.74, 6) is -0.226. The van der Waals surface area contributed by atoms with Crippen LogP contribution in [0.5, 0.6) is 0 Å². The van der Waals surface area contributed by atoms with E-state index in [1.165, 1.54) is 17.0 Å². The molecule has 0 bridgehead atoms. The fourth-order valence-corrected chi connectivity index (χ4v) is 3.39. The highest BCUT2D eigenvalue weighted by molar-refractivity contribution is 7.19. The molecule has 2 aromatic rings. The third-order valence-electron chi connectivity index (χ3n) is 3.33. The van der Waals surface area contributed by atoms with Crippen LogP contribution in [0.4, 0.5) is 0 Å². The Hall–Kier alpha value is -1.88. The Morgan fingerprint density at radius 1 is 1.33 bits per heavy atom. The Kier molecular flexibility index (Phi) is 4.96. The molecular weight excluding hydrogens is 284 g/mol. The lowest BCUT2D eigenvalue weighted by Gasteiger charge is -2.22. The first kappa shape index (κ1) is 15.5. The molecule has 0 spiro atoms. The van der Waals surface area contributed by atoms with E-state index in [1.807, 2.05) is 19.1 Å². The number of likely N-dealkylation sites (N-methyl/N-ethyl adjacent to an activating group) is 1. The number of hydrogen-bond acceptors (Lipinski definition) is 3. The number of nitrogens with one attached hydrogen (secondary N) is 1. The zero-order chi connectivity index (χ0) is 15.4. The van der Waals surface area contributed by atoms with Crippen molar-refractivity contribution in [2.75, 3.05) is 7.05 Å². The number of nitrogens with zero attached hydrogens (tertiary/aromatic N) is 1. The number of carbonyl (C=O) groups excluding carboxylic acids is 2. The van der Waals surface area contributed by atoms with E-state index in [4.69, 9.17) is 0 Å². The summed E-state index contributed by atoms with van der Waals surface area (Å²) in [6, 6.07) is 9.85. The molecule has 2 amide bonds. The molecule has 1 unspecified atom stereocenters. The van der Waals surface area contributed by atoms with Crippen LogP contribution in [0.1, 0.15) is 25.1 Å². The molecule has 0 fully saturated rings. The Bertz CT molecular complexity index is 618. The van der Waals surface area contributed by atoms with Crippen molar-refractivity contribution >= 4 is 33.2 Å². The van der Waals surface area contributed by atoms with Crippen molar-refractivity contribution in [2.45, 2.75) is 32.9 Å². The molecule has 1 heterocycles. The minimum absolute atomic E-state index is 0.0508. The minimum atomic E-state index is -0.443. The maximum Gasteiger partial charge on any atom is 0.245 e. The lowest BCUT2D eigenvalue weighted by Crippen LogP contribution is -2.46. The number of rotatable bonds is 5. The lowest BCUT2D eigenvalue weighted by molar-refractivity contribution is -0.135. The van der Waals surface area contributed by atoms with Gasteiger partial charge in [0.1, 0.15) is 6.04 Å². The standard InChI is InChI=1S/C16H20N2O2S/c1-4-14(17-11(2)19)16(20)18(3)10-13-9-12-7-5-6-8-15(12)21-13/h5-9,14H,4,10H2,1-3H3,(H,17,19). The summed E-state index contributed by atoms with van der Waals surface area (Å²) in [5, 5.41) is 3.90. The quantitative estimate of drug-likeness (QED) is 0.923. The molecule has 0 aliphatic rings. The Morgan fingerprint density at radius 2 is 2.05 bits per heavy atom. The summed E-state index contributed by atoms with van der Waals surface area (Å²) in [4.78, 5) is 26.3. The summed E-state index contributed by atoms with van der Waals surface area (Å²) in [5.41, 5.74) is 0. The zero-order valence-corrected chi connectivity index (χ0v) is 13.4. The second-order valence-corrected chi connectivity index (χ2v) is 6.27. The second-order valence-electron chi connectivity index (χ2n) is 5.11. The van der Waals surface area contributed by atoms with Crippen LogP contribution in [-0.2, 0) is 16.1 Å². The lowest BCUT2D eigenvalue weighted by atomic mass is 10.2. The minimum Gasteiger partial charge on any atom is -0.345 e. The molecule has 1 N–H and O–H groups in total. The first-order valence-electron chi connectivity index (χ1n) is 7.00. The smallest absolute Gasteiger partial charge is 0.245 e. The number of carbonyl (C=O) groups is 2. The van der Waals surface area contributed by atoms with Gasteiger partial charge < -0.3 is 10.2 Å². The number of benzene rings is 1. The predicted octanol–water partition coefficient (Wildman–Crippen LogP) is 2.77. The van der Waals surface area contributed by atoms with Crippen LogP contribution in [0.2, 0.25) is 0 Å². The van der Waals surface area contributed by atoms with Crippen molar-refractivity contribution in [3.8, 4) is 0 Å². The van der Waals surface area contributed by atoms with Crippen LogP contribution in [-0.4, -0.2) is 29.8 Å². The van der Waals surface area contributed by atoms with Gasteiger partial charge in [-0.3, -0.25) is 9.59 Å². The van der Waals surface area contributed by atoms with E-state index in [-0.39, 0.29) is 11.8 Å². The van der Waals surface area contributed by atoms with Crippen molar-refractivity contribution in [1.82, 2.24) is 10.2 Å². The predicted molar refractivity (Wildman–Crippen MR) is 86.2 cm³/mol. The van der Waals surface area contributed by atoms with Gasteiger partial charge in [0.25, 0.3) is 0 Å². The van der Waals surface area contributed by atoms with Crippen LogP contribution in [0.15, 0.2) is 30.3 Å². The summed E-state index contributed by atoms with van der Waals surface area (Å²) in [6.45, 7) is 3.89. The largest absolute Gasteiger partial charge is 0.345 e. The average Bonchev–Trinajstić information content (AvgIpc) is 2.85. The van der Waals surface area contributed by atoms with Gasteiger partial charge in [-0.15, -0.1) is 11.3 Å². The molecule has 0 radical (unpaired) electrons. The maximum absolute atomic E-state index is 12.3. The molecule has 1 atom stereocenters. The van der Waals surface area contributed by atoms with E-state index in [1.54, 1.807) is 23.3 Å². The highest BCUT2D eigenvalue weighted by atomic mass is 32.1. The van der Waals surface area contributed by atoms with Gasteiger partial charge in [-0.05, 0) is 23.9 Å². The monoisotopic (exact) mass is 304 g/mol. The summed E-state index contributed by atoms with van der Waals surface area (Å²) < 4.78 is 1.22. The Balaban J connectivity index is 2.07. The van der Waals surface area contributed by atoms with Crippen molar-refractivity contribution in [3.63, 3.8) is 0 Å². The molecule has 21 heavy (non-hydrogen) atoms. The van der Waals surface area contributed by atoms with Crippen LogP contribution < -0.4 is 5.32 Å². The molecule has 1 aromatic heterocycles. The normalized spacial score (nSPS) is 12.1. The van der Waals surface area contributed by atoms with Crippen LogP contribution in [0.25, 0.3) is 10.1 Å². The number of hydrogen-bond donors (Lipinski definition) is 1. The van der Waals surface area contributed by atoms with Gasteiger partial charge in [-0.25, -0.2) is 0 Å². The maximum atomic E-state index is 12.3. The average molecular weight is 304 g/mol. The molecule has 112 valence electrons. The van der Waals surface area contributed by atoms with E-state index in [0.717, 1.165) is 4.88 Å². The first-order chi connectivity index (χ1) is 10.0. The van der Waals surface area contributed by atoms with Crippen molar-refractivity contribution in [2.24, 2.45) is 0 Å². The second kappa shape index (κ2) is 6.72. The summed E-state index contributed by atoms with van der Waals surface area (Å²) in [7, 11) is 1.77. The van der Waals surface area contributed by atoms with E-state index in [9.17, 15) is 9.59 Å². The SMILES string of the molecule is CCC(NC(C)=O)C(=O)N(C)Cc1cc2ccccc2s1. The fraction of sp³-hybridized carbons (Fsp3) is 0.375. The molecule has 4 nitrogen and oxygen atoms in total. The van der Waals surface area contributed by atoms with Gasteiger partial charge in [0.05, 0.1) is 6.54 Å². The summed E-state index contributed by atoms with van der Waals surface area (Å²) in [6.07, 6.45) is 0.592. The van der Waals surface area contributed by atoms with E-state index in [0.29, 0.717) is 13.0 Å². The molecule has 0 saturated heterocycles. The van der Waals surface area contributed by atoms with E-state index < -0.39 is 6.04 Å². The fourth-order valence-electron chi connectivity index (χ4n) is 2.28. The number of amides is 2. The Labute approximate surface area is 128 Å². The first-order valence-corrected chi connectivity index (χ1v) is 7.82. The van der Waals surface area contributed by atoms with Gasteiger partial charge in [0.2, 0.25) is 11.8 Å². The van der Waals surface area contributed by atoms with Gasteiger partial charge in [0.15, 0.2) is 0 Å². The van der Waals surface area contributed by atoms with Gasteiger partial charge in [-0.1, -0.05) is 25.1 Å². The molecule has 5 heteroatoms. The zero-order valence-electron chi connectivity index (χ0n) is 12.6. The van der Waals surface area contributed by atoms with Crippen molar-refractivity contribution in [3.05, 3.63) is 35.2 Å². The van der Waals surface area contributed by atoms with Crippen LogP contribution in [0.3, 0.4) is 0 Å². The third kappa shape index (κ3) is 3.82. The third-order valence-corrected chi connectivity index (χ3v) is 4.43. The molecule has 0 aliphatic heterocycles. The molecular formula is C16H20N2O2S. The molecule has 1 aromatic carbocycles. The van der Waals surface area contributed by atoms with Gasteiger partial charge in [-0.2, -0.15) is 0 Å². The molecule has 0 saturated carbocycles. The molecule has 2 rings (SSSR count). The van der Waals surface area contributed by atoms with E-state index in [2.05, 4.69) is 23.5 Å². The van der Waals surface area contributed by atoms with Crippen molar-refractivity contribution in [1.29, 1.82) is 0 Å². The van der Waals surface area contributed by atoms with Crippen LogP contribution >= 0.6 is 11.3 Å². The van der Waals surface area contributed by atoms with Gasteiger partial charge >= 0.3 is 0 Å². The summed E-state index contributed by atoms with van der Waals surface area (Å²) >= 11 is 1.69. The van der Waals surface area contributed by atoms with Crippen molar-refractivity contribution < 1.29 is 9.59 Å². The topological polar surface area (TPSA) is 49.4 Å². The Morgan fingerprint density at radius 3 is 2.67 bits per heavy atom. The highest BCUT2D eigenvalue weighted by Gasteiger charge is 2.21. The van der Waals surface area contributed by atoms with Gasteiger partial charge in [0, 0.05) is 23.5 Å². The van der Waals surface area contributed by atoms with Crippen LogP contribution in [0, 0.1) is 0 Å². The number of fused-ring (bicyclic) bond motifs is 1. The molecule has 0 aliphatic carbocycles.